The number of amides is 1. The maximum absolute atomic E-state index is 11.5. The van der Waals surface area contributed by atoms with Gasteiger partial charge < -0.3 is 11.1 Å². The molecule has 1 aromatic carbocycles. The fraction of sp³-hybridized carbons (Fsp3) is 0.417. The fourth-order valence-electron chi connectivity index (χ4n) is 1.52. The SMILES string of the molecule is NCc1ccc(NC(=O)CC2CC2)cc1. The molecule has 0 heterocycles. The largest absolute Gasteiger partial charge is 0.326 e. The van der Waals surface area contributed by atoms with E-state index in [1.807, 2.05) is 24.3 Å². The Morgan fingerprint density at radius 1 is 1.33 bits per heavy atom. The van der Waals surface area contributed by atoms with E-state index in [0.29, 0.717) is 18.9 Å². The van der Waals surface area contributed by atoms with Crippen LogP contribution in [0, 0.1) is 5.92 Å². The second-order valence-electron chi connectivity index (χ2n) is 4.10. The second kappa shape index (κ2) is 4.45. The molecule has 0 atom stereocenters. The van der Waals surface area contributed by atoms with Gasteiger partial charge in [-0.25, -0.2) is 0 Å². The van der Waals surface area contributed by atoms with Crippen molar-refractivity contribution < 1.29 is 4.79 Å². The van der Waals surface area contributed by atoms with E-state index < -0.39 is 0 Å². The van der Waals surface area contributed by atoms with Crippen molar-refractivity contribution in [2.24, 2.45) is 11.7 Å². The number of benzene rings is 1. The molecule has 3 nitrogen and oxygen atoms in total. The van der Waals surface area contributed by atoms with Crippen molar-refractivity contribution in [3.63, 3.8) is 0 Å². The van der Waals surface area contributed by atoms with Crippen LogP contribution >= 0.6 is 0 Å². The van der Waals surface area contributed by atoms with Crippen molar-refractivity contribution in [1.29, 1.82) is 0 Å². The Balaban J connectivity index is 1.88. The van der Waals surface area contributed by atoms with E-state index in [9.17, 15) is 4.79 Å². The van der Waals surface area contributed by atoms with Gasteiger partial charge in [0.05, 0.1) is 0 Å². The first-order chi connectivity index (χ1) is 7.28. The molecule has 2 rings (SSSR count). The summed E-state index contributed by atoms with van der Waals surface area (Å²) in [6.45, 7) is 0.538. The summed E-state index contributed by atoms with van der Waals surface area (Å²) in [5.41, 5.74) is 7.43. The highest BCUT2D eigenvalue weighted by molar-refractivity contribution is 5.90. The molecule has 1 aliphatic rings. The van der Waals surface area contributed by atoms with E-state index in [2.05, 4.69) is 5.32 Å². The van der Waals surface area contributed by atoms with Crippen molar-refractivity contribution in [3.8, 4) is 0 Å². The molecule has 0 saturated heterocycles. The van der Waals surface area contributed by atoms with Crippen molar-refractivity contribution in [2.45, 2.75) is 25.8 Å². The first-order valence-corrected chi connectivity index (χ1v) is 5.37. The lowest BCUT2D eigenvalue weighted by Gasteiger charge is -2.05. The topological polar surface area (TPSA) is 55.1 Å². The van der Waals surface area contributed by atoms with E-state index in [0.717, 1.165) is 11.3 Å². The second-order valence-corrected chi connectivity index (χ2v) is 4.10. The van der Waals surface area contributed by atoms with Gasteiger partial charge in [0, 0.05) is 18.7 Å². The van der Waals surface area contributed by atoms with Gasteiger partial charge in [-0.15, -0.1) is 0 Å². The molecule has 0 aromatic heterocycles. The van der Waals surface area contributed by atoms with Crippen molar-refractivity contribution in [1.82, 2.24) is 0 Å². The van der Waals surface area contributed by atoms with Gasteiger partial charge in [-0.2, -0.15) is 0 Å². The lowest BCUT2D eigenvalue weighted by atomic mass is 10.2. The third kappa shape index (κ3) is 3.06. The fourth-order valence-corrected chi connectivity index (χ4v) is 1.52. The molecule has 1 amide bonds. The summed E-state index contributed by atoms with van der Waals surface area (Å²) in [5.74, 6) is 0.756. The van der Waals surface area contributed by atoms with Crippen LogP contribution in [0.25, 0.3) is 0 Å². The minimum Gasteiger partial charge on any atom is -0.326 e. The average molecular weight is 204 g/mol. The molecule has 80 valence electrons. The number of anilines is 1. The molecular weight excluding hydrogens is 188 g/mol. The van der Waals surface area contributed by atoms with Gasteiger partial charge in [-0.1, -0.05) is 12.1 Å². The van der Waals surface area contributed by atoms with Crippen LogP contribution in [0.2, 0.25) is 0 Å². The molecule has 0 bridgehead atoms. The van der Waals surface area contributed by atoms with Gasteiger partial charge in [-0.05, 0) is 36.5 Å². The molecule has 15 heavy (non-hydrogen) atoms. The van der Waals surface area contributed by atoms with Crippen molar-refractivity contribution in [3.05, 3.63) is 29.8 Å². The van der Waals surface area contributed by atoms with Gasteiger partial charge in [0.1, 0.15) is 0 Å². The molecule has 0 aliphatic heterocycles. The maximum Gasteiger partial charge on any atom is 0.224 e. The standard InChI is InChI=1S/C12H16N2O/c13-8-10-3-5-11(6-4-10)14-12(15)7-9-1-2-9/h3-6,9H,1-2,7-8,13H2,(H,14,15). The van der Waals surface area contributed by atoms with Crippen LogP contribution < -0.4 is 11.1 Å². The van der Waals surface area contributed by atoms with Gasteiger partial charge in [0.2, 0.25) is 5.91 Å². The Labute approximate surface area is 89.7 Å². The predicted molar refractivity (Wildman–Crippen MR) is 60.3 cm³/mol. The molecule has 1 saturated carbocycles. The Kier molecular flexibility index (Phi) is 3.02. The van der Waals surface area contributed by atoms with Crippen LogP contribution in [-0.4, -0.2) is 5.91 Å². The highest BCUT2D eigenvalue weighted by atomic mass is 16.1. The Morgan fingerprint density at radius 2 is 2.00 bits per heavy atom. The number of carbonyl (C=O) groups is 1. The molecule has 1 aliphatic carbocycles. The van der Waals surface area contributed by atoms with Crippen molar-refractivity contribution in [2.75, 3.05) is 5.32 Å². The third-order valence-electron chi connectivity index (χ3n) is 2.64. The van der Waals surface area contributed by atoms with E-state index >= 15 is 0 Å². The highest BCUT2D eigenvalue weighted by Crippen LogP contribution is 2.32. The highest BCUT2D eigenvalue weighted by Gasteiger charge is 2.24. The summed E-state index contributed by atoms with van der Waals surface area (Å²) >= 11 is 0. The van der Waals surface area contributed by atoms with Crippen LogP contribution in [0.4, 0.5) is 5.69 Å². The van der Waals surface area contributed by atoms with Gasteiger partial charge in [-0.3, -0.25) is 4.79 Å². The van der Waals surface area contributed by atoms with Crippen LogP contribution in [0.5, 0.6) is 0 Å². The number of carbonyl (C=O) groups excluding carboxylic acids is 1. The van der Waals surface area contributed by atoms with Crippen molar-refractivity contribution >= 4 is 11.6 Å². The minimum absolute atomic E-state index is 0.123. The zero-order chi connectivity index (χ0) is 10.7. The van der Waals surface area contributed by atoms with Gasteiger partial charge in [0.25, 0.3) is 0 Å². The molecule has 3 heteroatoms. The zero-order valence-corrected chi connectivity index (χ0v) is 8.70. The van der Waals surface area contributed by atoms with E-state index in [4.69, 9.17) is 5.73 Å². The quantitative estimate of drug-likeness (QED) is 0.786. The number of hydrogen-bond acceptors (Lipinski definition) is 2. The summed E-state index contributed by atoms with van der Waals surface area (Å²) in [6.07, 6.45) is 3.08. The Morgan fingerprint density at radius 3 is 2.53 bits per heavy atom. The molecule has 0 radical (unpaired) electrons. The van der Waals surface area contributed by atoms with Crippen LogP contribution in [0.1, 0.15) is 24.8 Å². The van der Waals surface area contributed by atoms with Gasteiger partial charge in [0.15, 0.2) is 0 Å². The summed E-state index contributed by atoms with van der Waals surface area (Å²) in [4.78, 5) is 11.5. The summed E-state index contributed by atoms with van der Waals surface area (Å²) in [6, 6.07) is 7.67. The number of nitrogens with two attached hydrogens (primary N) is 1. The normalized spacial score (nSPS) is 15.0. The smallest absolute Gasteiger partial charge is 0.224 e. The molecular formula is C12H16N2O. The summed E-state index contributed by atoms with van der Waals surface area (Å²) < 4.78 is 0. The maximum atomic E-state index is 11.5. The van der Waals surface area contributed by atoms with E-state index in [-0.39, 0.29) is 5.91 Å². The number of rotatable bonds is 4. The first kappa shape index (κ1) is 10.2. The number of nitrogens with one attached hydrogen (secondary N) is 1. The lowest BCUT2D eigenvalue weighted by molar-refractivity contribution is -0.116. The van der Waals surface area contributed by atoms with E-state index in [1.165, 1.54) is 12.8 Å². The Hall–Kier alpha value is -1.35. The van der Waals surface area contributed by atoms with Crippen LogP contribution in [0.3, 0.4) is 0 Å². The molecule has 1 fully saturated rings. The first-order valence-electron chi connectivity index (χ1n) is 5.37. The lowest BCUT2D eigenvalue weighted by Crippen LogP contribution is -2.11. The van der Waals surface area contributed by atoms with Crippen LogP contribution in [-0.2, 0) is 11.3 Å². The summed E-state index contributed by atoms with van der Waals surface area (Å²) in [7, 11) is 0. The average Bonchev–Trinajstić information content (AvgIpc) is 3.03. The minimum atomic E-state index is 0.123. The third-order valence-corrected chi connectivity index (χ3v) is 2.64. The summed E-state index contributed by atoms with van der Waals surface area (Å²) in [5, 5.41) is 2.88. The van der Waals surface area contributed by atoms with E-state index in [1.54, 1.807) is 0 Å². The molecule has 0 unspecified atom stereocenters. The predicted octanol–water partition coefficient (Wildman–Crippen LogP) is 1.88. The monoisotopic (exact) mass is 204 g/mol. The Bertz CT molecular complexity index is 341. The molecule has 3 N–H and O–H groups in total. The molecule has 1 aromatic rings. The van der Waals surface area contributed by atoms with Crippen LogP contribution in [0.15, 0.2) is 24.3 Å². The van der Waals surface area contributed by atoms with Gasteiger partial charge >= 0.3 is 0 Å². The zero-order valence-electron chi connectivity index (χ0n) is 8.70. The number of hydrogen-bond donors (Lipinski definition) is 2. The molecule has 0 spiro atoms.